The van der Waals surface area contributed by atoms with Gasteiger partial charge in [-0.2, -0.15) is 4.98 Å². The van der Waals surface area contributed by atoms with Crippen LogP contribution >= 0.6 is 11.6 Å². The third kappa shape index (κ3) is 3.23. The van der Waals surface area contributed by atoms with Gasteiger partial charge >= 0.3 is 0 Å². The molecule has 2 aromatic rings. The van der Waals surface area contributed by atoms with E-state index >= 15 is 0 Å². The molecule has 0 spiro atoms. The molecule has 0 aliphatic carbocycles. The van der Waals surface area contributed by atoms with Gasteiger partial charge in [-0.25, -0.2) is 0 Å². The lowest BCUT2D eigenvalue weighted by Crippen LogP contribution is -2.31. The predicted octanol–water partition coefficient (Wildman–Crippen LogP) is 1.70. The molecular formula is C12H14ClN5O. The van der Waals surface area contributed by atoms with Crippen LogP contribution in [0, 0.1) is 0 Å². The number of nitrogens with two attached hydrogens (primary N) is 1. The highest BCUT2D eigenvalue weighted by Gasteiger charge is 2.18. The summed E-state index contributed by atoms with van der Waals surface area (Å²) in [6.07, 6.45) is 0. The molecule has 0 atom stereocenters. The van der Waals surface area contributed by atoms with E-state index in [0.717, 1.165) is 5.56 Å². The third-order valence-electron chi connectivity index (χ3n) is 2.64. The fourth-order valence-corrected chi connectivity index (χ4v) is 1.92. The lowest BCUT2D eigenvalue weighted by molar-refractivity contribution is 0.0741. The summed E-state index contributed by atoms with van der Waals surface area (Å²) >= 11 is 5.92. The number of hydrogen-bond acceptors (Lipinski definition) is 4. The highest BCUT2D eigenvalue weighted by Crippen LogP contribution is 2.13. The van der Waals surface area contributed by atoms with Gasteiger partial charge < -0.3 is 10.6 Å². The van der Waals surface area contributed by atoms with Crippen LogP contribution in [0.25, 0.3) is 0 Å². The van der Waals surface area contributed by atoms with Crippen LogP contribution in [-0.4, -0.2) is 32.5 Å². The summed E-state index contributed by atoms with van der Waals surface area (Å²) in [4.78, 5) is 17.6. The van der Waals surface area contributed by atoms with Crippen molar-refractivity contribution in [1.82, 2.24) is 20.1 Å². The van der Waals surface area contributed by atoms with Crippen molar-refractivity contribution >= 4 is 23.5 Å². The first-order chi connectivity index (χ1) is 9.10. The zero-order chi connectivity index (χ0) is 13.8. The number of rotatable bonds is 4. The number of benzene rings is 1. The number of nitrogens with one attached hydrogen (secondary N) is 1. The summed E-state index contributed by atoms with van der Waals surface area (Å²) in [5.41, 5.74) is 6.34. The second-order valence-electron chi connectivity index (χ2n) is 3.99. The molecule has 0 fully saturated rings. The molecule has 1 aromatic heterocycles. The van der Waals surface area contributed by atoms with E-state index in [1.807, 2.05) is 25.1 Å². The number of amides is 1. The van der Waals surface area contributed by atoms with Crippen LogP contribution < -0.4 is 5.73 Å². The summed E-state index contributed by atoms with van der Waals surface area (Å²) in [6, 6.07) is 7.38. The Balaban J connectivity index is 2.14. The van der Waals surface area contributed by atoms with Crippen molar-refractivity contribution in [3.05, 3.63) is 40.7 Å². The zero-order valence-corrected chi connectivity index (χ0v) is 11.2. The Hall–Kier alpha value is -2.08. The van der Waals surface area contributed by atoms with Gasteiger partial charge in [0.05, 0.1) is 0 Å². The number of aromatic amines is 1. The van der Waals surface area contributed by atoms with Crippen LogP contribution in [0.2, 0.25) is 5.02 Å². The number of H-pyrrole nitrogens is 1. The molecule has 0 aliphatic rings. The van der Waals surface area contributed by atoms with Crippen LogP contribution in [0.4, 0.5) is 5.95 Å². The maximum Gasteiger partial charge on any atom is 0.291 e. The quantitative estimate of drug-likeness (QED) is 0.892. The molecule has 0 saturated heterocycles. The first-order valence-electron chi connectivity index (χ1n) is 5.81. The maximum absolute atomic E-state index is 12.2. The molecule has 7 heteroatoms. The van der Waals surface area contributed by atoms with E-state index < -0.39 is 0 Å². The predicted molar refractivity (Wildman–Crippen MR) is 72.7 cm³/mol. The lowest BCUT2D eigenvalue weighted by atomic mass is 10.2. The van der Waals surface area contributed by atoms with Crippen molar-refractivity contribution in [2.75, 3.05) is 12.3 Å². The van der Waals surface area contributed by atoms with Gasteiger partial charge in [0, 0.05) is 18.1 Å². The summed E-state index contributed by atoms with van der Waals surface area (Å²) in [6.45, 7) is 2.89. The second-order valence-corrected chi connectivity index (χ2v) is 4.43. The molecule has 2 rings (SSSR count). The van der Waals surface area contributed by atoms with Crippen LogP contribution in [0.5, 0.6) is 0 Å². The number of hydrogen-bond donors (Lipinski definition) is 2. The molecule has 6 nitrogen and oxygen atoms in total. The van der Waals surface area contributed by atoms with Gasteiger partial charge in [-0.1, -0.05) is 23.7 Å². The average molecular weight is 280 g/mol. The Morgan fingerprint density at radius 2 is 2.32 bits per heavy atom. The minimum absolute atomic E-state index is 0.0576. The molecule has 0 bridgehead atoms. The van der Waals surface area contributed by atoms with Crippen LogP contribution in [0.15, 0.2) is 24.3 Å². The Kier molecular flexibility index (Phi) is 4.01. The van der Waals surface area contributed by atoms with Crippen molar-refractivity contribution in [2.45, 2.75) is 13.5 Å². The summed E-state index contributed by atoms with van der Waals surface area (Å²) in [5, 5.41) is 6.81. The highest BCUT2D eigenvalue weighted by molar-refractivity contribution is 6.30. The van der Waals surface area contributed by atoms with E-state index in [1.54, 1.807) is 11.0 Å². The number of carbonyl (C=O) groups is 1. The van der Waals surface area contributed by atoms with Gasteiger partial charge in [0.25, 0.3) is 5.91 Å². The number of nitrogen functional groups attached to an aromatic ring is 1. The molecule has 0 saturated carbocycles. The molecular weight excluding hydrogens is 266 g/mol. The molecule has 1 amide bonds. The molecule has 1 aromatic carbocycles. The standard InChI is InChI=1S/C12H14ClN5O/c1-2-18(7-8-4-3-5-9(13)6-8)11(19)10-15-12(14)17-16-10/h3-6H,2,7H2,1H3,(H3,14,15,16,17). The molecule has 0 radical (unpaired) electrons. The van der Waals surface area contributed by atoms with E-state index in [2.05, 4.69) is 15.2 Å². The summed E-state index contributed by atoms with van der Waals surface area (Å²) in [5.74, 6) is -0.0461. The Bertz CT molecular complexity index is 583. The summed E-state index contributed by atoms with van der Waals surface area (Å²) < 4.78 is 0. The van der Waals surface area contributed by atoms with Crippen molar-refractivity contribution in [2.24, 2.45) is 0 Å². The van der Waals surface area contributed by atoms with Crippen LogP contribution in [0.3, 0.4) is 0 Å². The number of halogens is 1. The van der Waals surface area contributed by atoms with E-state index in [9.17, 15) is 4.79 Å². The first kappa shape index (κ1) is 13.4. The summed E-state index contributed by atoms with van der Waals surface area (Å²) in [7, 11) is 0. The number of anilines is 1. The van der Waals surface area contributed by atoms with Crippen LogP contribution in [-0.2, 0) is 6.54 Å². The highest BCUT2D eigenvalue weighted by atomic mass is 35.5. The molecule has 0 unspecified atom stereocenters. The van der Waals surface area contributed by atoms with E-state index in [1.165, 1.54) is 0 Å². The minimum atomic E-state index is -0.244. The Morgan fingerprint density at radius 3 is 2.89 bits per heavy atom. The topological polar surface area (TPSA) is 87.9 Å². The molecule has 3 N–H and O–H groups in total. The van der Waals surface area contributed by atoms with E-state index in [-0.39, 0.29) is 17.7 Å². The number of carbonyl (C=O) groups excluding carboxylic acids is 1. The van der Waals surface area contributed by atoms with Gasteiger partial charge in [-0.15, -0.1) is 5.10 Å². The third-order valence-corrected chi connectivity index (χ3v) is 2.87. The maximum atomic E-state index is 12.2. The molecule has 19 heavy (non-hydrogen) atoms. The van der Waals surface area contributed by atoms with E-state index in [0.29, 0.717) is 18.1 Å². The van der Waals surface area contributed by atoms with Gasteiger partial charge in [0.15, 0.2) is 0 Å². The second kappa shape index (κ2) is 5.71. The fraction of sp³-hybridized carbons (Fsp3) is 0.250. The first-order valence-corrected chi connectivity index (χ1v) is 6.19. The van der Waals surface area contributed by atoms with Gasteiger partial charge in [-0.05, 0) is 24.6 Å². The van der Waals surface area contributed by atoms with Crippen LogP contribution in [0.1, 0.15) is 23.1 Å². The van der Waals surface area contributed by atoms with Gasteiger partial charge in [0.1, 0.15) is 0 Å². The molecule has 100 valence electrons. The van der Waals surface area contributed by atoms with Crippen molar-refractivity contribution < 1.29 is 4.79 Å². The smallest absolute Gasteiger partial charge is 0.291 e. The lowest BCUT2D eigenvalue weighted by Gasteiger charge is -2.19. The normalized spacial score (nSPS) is 10.4. The Morgan fingerprint density at radius 1 is 1.53 bits per heavy atom. The molecule has 0 aliphatic heterocycles. The molecule has 1 heterocycles. The SMILES string of the molecule is CCN(Cc1cccc(Cl)c1)C(=O)c1nc(N)n[nH]1. The van der Waals surface area contributed by atoms with Gasteiger partial charge in [-0.3, -0.25) is 9.89 Å². The average Bonchev–Trinajstić information content (AvgIpc) is 2.82. The van der Waals surface area contributed by atoms with Crippen molar-refractivity contribution in [3.63, 3.8) is 0 Å². The minimum Gasteiger partial charge on any atom is -0.366 e. The van der Waals surface area contributed by atoms with E-state index in [4.69, 9.17) is 17.3 Å². The largest absolute Gasteiger partial charge is 0.366 e. The van der Waals surface area contributed by atoms with Crippen molar-refractivity contribution in [3.8, 4) is 0 Å². The number of nitrogens with zero attached hydrogens (tertiary/aromatic N) is 3. The zero-order valence-electron chi connectivity index (χ0n) is 10.4. The number of aromatic nitrogens is 3. The Labute approximate surface area is 115 Å². The fourth-order valence-electron chi connectivity index (χ4n) is 1.70. The van der Waals surface area contributed by atoms with Gasteiger partial charge in [0.2, 0.25) is 11.8 Å². The monoisotopic (exact) mass is 279 g/mol. The van der Waals surface area contributed by atoms with Crippen molar-refractivity contribution in [1.29, 1.82) is 0 Å².